The van der Waals surface area contributed by atoms with Crippen LogP contribution in [0.3, 0.4) is 0 Å². The topological polar surface area (TPSA) is 29.1 Å². The van der Waals surface area contributed by atoms with Gasteiger partial charge in [-0.25, -0.2) is 0 Å². The molecule has 0 bridgehead atoms. The number of carbonyl (C=O) groups excluding carboxylic acids is 1. The van der Waals surface area contributed by atoms with Crippen molar-refractivity contribution in [2.45, 2.75) is 13.8 Å². The van der Waals surface area contributed by atoms with E-state index < -0.39 is 0 Å². The van der Waals surface area contributed by atoms with Crippen molar-refractivity contribution in [3.8, 4) is 0 Å². The summed E-state index contributed by atoms with van der Waals surface area (Å²) in [6, 6.07) is 0. The molecule has 0 spiro atoms. The highest BCUT2D eigenvalue weighted by atomic mass is 16.1. The van der Waals surface area contributed by atoms with Gasteiger partial charge in [0.25, 0.3) is 0 Å². The van der Waals surface area contributed by atoms with Crippen LogP contribution in [0.4, 0.5) is 0 Å². The van der Waals surface area contributed by atoms with E-state index in [2.05, 4.69) is 5.32 Å². The quantitative estimate of drug-likeness (QED) is 0.534. The molecule has 0 saturated heterocycles. The van der Waals surface area contributed by atoms with Gasteiger partial charge in [-0.05, 0) is 13.0 Å². The van der Waals surface area contributed by atoms with Crippen LogP contribution in [-0.2, 0) is 4.79 Å². The van der Waals surface area contributed by atoms with Gasteiger partial charge in [-0.15, -0.1) is 0 Å². The highest BCUT2D eigenvalue weighted by Crippen LogP contribution is 2.03. The van der Waals surface area contributed by atoms with Crippen molar-refractivity contribution < 1.29 is 4.79 Å². The Morgan fingerprint density at radius 3 is 3.00 bits per heavy atom. The molecule has 0 radical (unpaired) electrons. The summed E-state index contributed by atoms with van der Waals surface area (Å²) < 4.78 is 0. The molecular weight excluding hydrogens is 126 g/mol. The van der Waals surface area contributed by atoms with Gasteiger partial charge in [0.05, 0.1) is 5.92 Å². The SMILES string of the molecule is CC1=CC=C[C@@H](C)C(=O)N1. The first kappa shape index (κ1) is 7.06. The molecule has 0 aromatic carbocycles. The zero-order chi connectivity index (χ0) is 7.56. The third-order valence-electron chi connectivity index (χ3n) is 1.48. The summed E-state index contributed by atoms with van der Waals surface area (Å²) in [5.74, 6) is 0.0659. The summed E-state index contributed by atoms with van der Waals surface area (Å²) in [6.07, 6.45) is 5.67. The number of hydrogen-bond donors (Lipinski definition) is 1. The second-order valence-electron chi connectivity index (χ2n) is 2.51. The highest BCUT2D eigenvalue weighted by Gasteiger charge is 2.10. The van der Waals surface area contributed by atoms with Gasteiger partial charge in [-0.2, -0.15) is 0 Å². The molecule has 10 heavy (non-hydrogen) atoms. The maximum atomic E-state index is 11.0. The Morgan fingerprint density at radius 1 is 1.60 bits per heavy atom. The van der Waals surface area contributed by atoms with E-state index in [1.807, 2.05) is 32.1 Å². The molecule has 2 nitrogen and oxygen atoms in total. The first-order valence-electron chi connectivity index (χ1n) is 3.36. The van der Waals surface area contributed by atoms with Crippen LogP contribution in [0.25, 0.3) is 0 Å². The van der Waals surface area contributed by atoms with Gasteiger partial charge in [0.1, 0.15) is 0 Å². The zero-order valence-corrected chi connectivity index (χ0v) is 6.22. The van der Waals surface area contributed by atoms with Crippen LogP contribution in [0, 0.1) is 5.92 Å². The van der Waals surface area contributed by atoms with Crippen LogP contribution in [0.2, 0.25) is 0 Å². The smallest absolute Gasteiger partial charge is 0.230 e. The van der Waals surface area contributed by atoms with Crippen LogP contribution in [0.5, 0.6) is 0 Å². The fourth-order valence-electron chi connectivity index (χ4n) is 0.804. The van der Waals surface area contributed by atoms with Gasteiger partial charge < -0.3 is 5.32 Å². The number of rotatable bonds is 0. The minimum absolute atomic E-state index is 0.00583. The van der Waals surface area contributed by atoms with E-state index in [-0.39, 0.29) is 11.8 Å². The lowest BCUT2D eigenvalue weighted by Crippen LogP contribution is -2.25. The molecule has 1 rings (SSSR count). The summed E-state index contributed by atoms with van der Waals surface area (Å²) in [5.41, 5.74) is 0.908. The summed E-state index contributed by atoms with van der Waals surface area (Å²) in [6.45, 7) is 3.75. The second-order valence-corrected chi connectivity index (χ2v) is 2.51. The molecule has 0 saturated carbocycles. The number of allylic oxidation sites excluding steroid dienone is 3. The van der Waals surface area contributed by atoms with Crippen LogP contribution in [0.15, 0.2) is 23.9 Å². The van der Waals surface area contributed by atoms with E-state index in [0.717, 1.165) is 5.70 Å². The molecule has 1 atom stereocenters. The van der Waals surface area contributed by atoms with E-state index >= 15 is 0 Å². The molecule has 0 aromatic rings. The first-order chi connectivity index (χ1) is 4.70. The molecule has 1 heterocycles. The number of carbonyl (C=O) groups is 1. The number of nitrogens with one attached hydrogen (secondary N) is 1. The monoisotopic (exact) mass is 137 g/mol. The Kier molecular flexibility index (Phi) is 1.90. The van der Waals surface area contributed by atoms with Crippen molar-refractivity contribution in [1.82, 2.24) is 5.32 Å². The lowest BCUT2D eigenvalue weighted by molar-refractivity contribution is -0.122. The maximum Gasteiger partial charge on any atom is 0.230 e. The van der Waals surface area contributed by atoms with Gasteiger partial charge in [-0.1, -0.05) is 19.1 Å². The average molecular weight is 137 g/mol. The standard InChI is InChI=1S/C8H11NO/c1-6-4-3-5-7(2)9-8(6)10/h3-6H,1-2H3,(H,9,10)/t6-/m1/s1. The molecule has 0 unspecified atom stereocenters. The lowest BCUT2D eigenvalue weighted by atomic mass is 10.1. The van der Waals surface area contributed by atoms with Gasteiger partial charge >= 0.3 is 0 Å². The highest BCUT2D eigenvalue weighted by molar-refractivity contribution is 5.82. The number of hydrogen-bond acceptors (Lipinski definition) is 1. The van der Waals surface area contributed by atoms with Crippen LogP contribution in [-0.4, -0.2) is 5.91 Å². The van der Waals surface area contributed by atoms with Gasteiger partial charge in [0, 0.05) is 5.70 Å². The van der Waals surface area contributed by atoms with E-state index in [4.69, 9.17) is 0 Å². The van der Waals surface area contributed by atoms with Crippen molar-refractivity contribution in [1.29, 1.82) is 0 Å². The second kappa shape index (κ2) is 2.69. The fraction of sp³-hybridized carbons (Fsp3) is 0.375. The van der Waals surface area contributed by atoms with Crippen LogP contribution < -0.4 is 5.32 Å². The Labute approximate surface area is 60.6 Å². The van der Waals surface area contributed by atoms with Gasteiger partial charge in [0.15, 0.2) is 0 Å². The summed E-state index contributed by atoms with van der Waals surface area (Å²) >= 11 is 0. The Bertz CT molecular complexity index is 203. The molecule has 1 amide bonds. The predicted octanol–water partition coefficient (Wildman–Crippen LogP) is 1.21. The molecule has 1 N–H and O–H groups in total. The molecule has 0 aliphatic carbocycles. The third-order valence-corrected chi connectivity index (χ3v) is 1.48. The van der Waals surface area contributed by atoms with E-state index in [1.165, 1.54) is 0 Å². The summed E-state index contributed by atoms with van der Waals surface area (Å²) in [7, 11) is 0. The Balaban J connectivity index is 2.76. The zero-order valence-electron chi connectivity index (χ0n) is 6.22. The van der Waals surface area contributed by atoms with E-state index in [9.17, 15) is 4.79 Å². The van der Waals surface area contributed by atoms with E-state index in [1.54, 1.807) is 0 Å². The third kappa shape index (κ3) is 1.47. The first-order valence-corrected chi connectivity index (χ1v) is 3.36. The van der Waals surface area contributed by atoms with Crippen molar-refractivity contribution in [3.05, 3.63) is 23.9 Å². The van der Waals surface area contributed by atoms with Crippen molar-refractivity contribution >= 4 is 5.91 Å². The predicted molar refractivity (Wildman–Crippen MR) is 40.2 cm³/mol. The minimum Gasteiger partial charge on any atom is -0.330 e. The molecule has 1 aliphatic rings. The molecule has 0 aromatic heterocycles. The minimum atomic E-state index is -0.00583. The maximum absolute atomic E-state index is 11.0. The molecule has 0 fully saturated rings. The Morgan fingerprint density at radius 2 is 2.30 bits per heavy atom. The van der Waals surface area contributed by atoms with Crippen molar-refractivity contribution in [3.63, 3.8) is 0 Å². The largest absolute Gasteiger partial charge is 0.330 e. The van der Waals surface area contributed by atoms with Crippen LogP contribution >= 0.6 is 0 Å². The Hall–Kier alpha value is -1.05. The summed E-state index contributed by atoms with van der Waals surface area (Å²) in [4.78, 5) is 11.0. The van der Waals surface area contributed by atoms with E-state index in [0.29, 0.717) is 0 Å². The molecule has 54 valence electrons. The van der Waals surface area contributed by atoms with Gasteiger partial charge in [-0.3, -0.25) is 4.79 Å². The average Bonchev–Trinajstić information content (AvgIpc) is 1.96. The van der Waals surface area contributed by atoms with Gasteiger partial charge in [0.2, 0.25) is 5.91 Å². The molecular formula is C8H11NO. The van der Waals surface area contributed by atoms with Crippen molar-refractivity contribution in [2.24, 2.45) is 5.92 Å². The molecule has 1 aliphatic heterocycles. The lowest BCUT2D eigenvalue weighted by Gasteiger charge is -2.04. The van der Waals surface area contributed by atoms with Crippen molar-refractivity contribution in [2.75, 3.05) is 0 Å². The molecule has 2 heteroatoms. The summed E-state index contributed by atoms with van der Waals surface area (Å²) in [5, 5.41) is 2.75. The normalized spacial score (nSPS) is 25.2. The fourth-order valence-corrected chi connectivity index (χ4v) is 0.804. The van der Waals surface area contributed by atoms with Crippen LogP contribution in [0.1, 0.15) is 13.8 Å². The number of amides is 1.